The largest absolute Gasteiger partial charge is 0.496 e. The Hall–Kier alpha value is -0.550. The van der Waals surface area contributed by atoms with Crippen LogP contribution in [0.4, 0.5) is 0 Å². The molecule has 0 aliphatic heterocycles. The lowest BCUT2D eigenvalue weighted by molar-refractivity contribution is 0.406. The van der Waals surface area contributed by atoms with E-state index < -0.39 is 0 Å². The standard InChI is InChI=1S/C16H19BrClNOS/c1-4-19-13(15-7-10(2)16(17)21-15)9-11-8-12(18)5-6-14(11)20-3/h5-8,13,19H,4,9H2,1-3H3. The van der Waals surface area contributed by atoms with E-state index >= 15 is 0 Å². The number of benzene rings is 1. The minimum absolute atomic E-state index is 0.261. The lowest BCUT2D eigenvalue weighted by Gasteiger charge is -2.18. The molecule has 0 spiro atoms. The summed E-state index contributed by atoms with van der Waals surface area (Å²) < 4.78 is 6.64. The average molecular weight is 389 g/mol. The van der Waals surface area contributed by atoms with Crippen LogP contribution < -0.4 is 10.1 Å². The molecule has 0 saturated heterocycles. The first kappa shape index (κ1) is 16.8. The van der Waals surface area contributed by atoms with Gasteiger partial charge in [-0.25, -0.2) is 0 Å². The second-order valence-corrected chi connectivity index (χ2v) is 7.71. The zero-order valence-electron chi connectivity index (χ0n) is 12.4. The van der Waals surface area contributed by atoms with Crippen LogP contribution in [0.5, 0.6) is 5.75 Å². The van der Waals surface area contributed by atoms with Gasteiger partial charge in [-0.2, -0.15) is 0 Å². The maximum absolute atomic E-state index is 6.13. The molecule has 0 bridgehead atoms. The third kappa shape index (κ3) is 4.22. The molecule has 0 saturated carbocycles. The Bertz CT molecular complexity index is 595. The summed E-state index contributed by atoms with van der Waals surface area (Å²) in [6.45, 7) is 5.16. The molecule has 1 aromatic heterocycles. The van der Waals surface area contributed by atoms with Crippen molar-refractivity contribution in [2.75, 3.05) is 13.7 Å². The van der Waals surface area contributed by atoms with Gasteiger partial charge in [0.1, 0.15) is 5.75 Å². The molecule has 1 unspecified atom stereocenters. The van der Waals surface area contributed by atoms with Crippen LogP contribution in [0.1, 0.15) is 29.0 Å². The van der Waals surface area contributed by atoms with Crippen molar-refractivity contribution >= 4 is 38.9 Å². The van der Waals surface area contributed by atoms with Crippen LogP contribution in [0.2, 0.25) is 5.02 Å². The monoisotopic (exact) mass is 387 g/mol. The first-order chi connectivity index (χ1) is 10.0. The summed E-state index contributed by atoms with van der Waals surface area (Å²) in [4.78, 5) is 1.32. The first-order valence-corrected chi connectivity index (χ1v) is 8.85. The molecule has 0 fully saturated rings. The highest BCUT2D eigenvalue weighted by Crippen LogP contribution is 2.34. The van der Waals surface area contributed by atoms with Crippen molar-refractivity contribution in [2.45, 2.75) is 26.3 Å². The van der Waals surface area contributed by atoms with Crippen molar-refractivity contribution in [3.8, 4) is 5.75 Å². The number of hydrogen-bond acceptors (Lipinski definition) is 3. The van der Waals surface area contributed by atoms with Gasteiger partial charge in [0, 0.05) is 15.9 Å². The summed E-state index contributed by atoms with van der Waals surface area (Å²) >= 11 is 11.5. The van der Waals surface area contributed by atoms with E-state index in [4.69, 9.17) is 16.3 Å². The molecular formula is C16H19BrClNOS. The maximum Gasteiger partial charge on any atom is 0.122 e. The summed E-state index contributed by atoms with van der Waals surface area (Å²) in [5.41, 5.74) is 2.40. The molecule has 1 heterocycles. The number of likely N-dealkylation sites (N-methyl/N-ethyl adjacent to an activating group) is 1. The number of halogens is 2. The lowest BCUT2D eigenvalue weighted by Crippen LogP contribution is -2.22. The number of nitrogens with one attached hydrogen (secondary N) is 1. The second kappa shape index (κ2) is 7.63. The maximum atomic E-state index is 6.13. The third-order valence-corrected chi connectivity index (χ3v) is 5.82. The minimum atomic E-state index is 0.261. The van der Waals surface area contributed by atoms with E-state index in [1.165, 1.54) is 14.2 Å². The number of ether oxygens (including phenoxy) is 1. The van der Waals surface area contributed by atoms with E-state index in [0.717, 1.165) is 29.3 Å². The Kier molecular flexibility index (Phi) is 6.11. The molecule has 2 aromatic rings. The summed E-state index contributed by atoms with van der Waals surface area (Å²) in [5, 5.41) is 4.29. The third-order valence-electron chi connectivity index (χ3n) is 3.34. The van der Waals surface area contributed by atoms with E-state index in [2.05, 4.69) is 41.2 Å². The molecule has 1 N–H and O–H groups in total. The molecule has 0 aliphatic rings. The topological polar surface area (TPSA) is 21.3 Å². The fourth-order valence-corrected chi connectivity index (χ4v) is 4.14. The van der Waals surface area contributed by atoms with Crippen molar-refractivity contribution in [1.82, 2.24) is 5.32 Å². The molecule has 1 aromatic carbocycles. The van der Waals surface area contributed by atoms with Crippen LogP contribution in [0, 0.1) is 6.92 Å². The van der Waals surface area contributed by atoms with E-state index in [0.29, 0.717) is 0 Å². The van der Waals surface area contributed by atoms with Gasteiger partial charge >= 0.3 is 0 Å². The molecule has 5 heteroatoms. The summed E-state index contributed by atoms with van der Waals surface area (Å²) in [6.07, 6.45) is 0.851. The smallest absolute Gasteiger partial charge is 0.122 e. The van der Waals surface area contributed by atoms with Gasteiger partial charge in [0.25, 0.3) is 0 Å². The van der Waals surface area contributed by atoms with E-state index in [1.54, 1.807) is 18.4 Å². The van der Waals surface area contributed by atoms with E-state index in [-0.39, 0.29) is 6.04 Å². The predicted octanol–water partition coefficient (Wildman–Crippen LogP) is 5.37. The van der Waals surface area contributed by atoms with Crippen molar-refractivity contribution in [2.24, 2.45) is 0 Å². The van der Waals surface area contributed by atoms with Crippen LogP contribution in [0.25, 0.3) is 0 Å². The highest BCUT2D eigenvalue weighted by molar-refractivity contribution is 9.11. The van der Waals surface area contributed by atoms with Crippen molar-refractivity contribution in [3.63, 3.8) is 0 Å². The SMILES string of the molecule is CCNC(Cc1cc(Cl)ccc1OC)c1cc(C)c(Br)s1. The van der Waals surface area contributed by atoms with Crippen LogP contribution in [0.15, 0.2) is 28.1 Å². The molecule has 114 valence electrons. The molecule has 0 amide bonds. The number of thiophene rings is 1. The Balaban J connectivity index is 2.29. The van der Waals surface area contributed by atoms with Crippen LogP contribution in [-0.2, 0) is 6.42 Å². The zero-order chi connectivity index (χ0) is 15.4. The van der Waals surface area contributed by atoms with Crippen LogP contribution in [0.3, 0.4) is 0 Å². The Labute approximate surface area is 143 Å². The molecule has 0 aliphatic carbocycles. The van der Waals surface area contributed by atoms with Gasteiger partial charge in [0.15, 0.2) is 0 Å². The minimum Gasteiger partial charge on any atom is -0.496 e. The molecule has 21 heavy (non-hydrogen) atoms. The van der Waals surface area contributed by atoms with Crippen molar-refractivity contribution in [1.29, 1.82) is 0 Å². The van der Waals surface area contributed by atoms with Crippen molar-refractivity contribution in [3.05, 3.63) is 49.1 Å². The van der Waals surface area contributed by atoms with Crippen LogP contribution in [-0.4, -0.2) is 13.7 Å². The zero-order valence-corrected chi connectivity index (χ0v) is 15.5. The Morgan fingerprint density at radius 1 is 1.38 bits per heavy atom. The first-order valence-electron chi connectivity index (χ1n) is 6.86. The second-order valence-electron chi connectivity index (χ2n) is 4.88. The van der Waals surface area contributed by atoms with Gasteiger partial charge in [0.05, 0.1) is 10.9 Å². The van der Waals surface area contributed by atoms with Gasteiger partial charge in [-0.05, 0) is 71.2 Å². The number of rotatable bonds is 6. The predicted molar refractivity (Wildman–Crippen MR) is 94.9 cm³/mol. The molecule has 0 radical (unpaired) electrons. The number of hydrogen-bond donors (Lipinski definition) is 1. The molecule has 2 rings (SSSR count). The highest BCUT2D eigenvalue weighted by atomic mass is 79.9. The normalized spacial score (nSPS) is 12.4. The molecule has 1 atom stereocenters. The molecular weight excluding hydrogens is 370 g/mol. The van der Waals surface area contributed by atoms with E-state index in [1.807, 2.05) is 18.2 Å². The quantitative estimate of drug-likeness (QED) is 0.718. The van der Waals surface area contributed by atoms with Gasteiger partial charge < -0.3 is 10.1 Å². The fourth-order valence-electron chi connectivity index (χ4n) is 2.30. The summed E-state index contributed by atoms with van der Waals surface area (Å²) in [6, 6.07) is 8.27. The molecule has 2 nitrogen and oxygen atoms in total. The van der Waals surface area contributed by atoms with Gasteiger partial charge in [0.2, 0.25) is 0 Å². The Morgan fingerprint density at radius 3 is 2.71 bits per heavy atom. The lowest BCUT2D eigenvalue weighted by atomic mass is 10.0. The fraction of sp³-hybridized carbons (Fsp3) is 0.375. The average Bonchev–Trinajstić information content (AvgIpc) is 2.78. The van der Waals surface area contributed by atoms with Gasteiger partial charge in [-0.15, -0.1) is 11.3 Å². The highest BCUT2D eigenvalue weighted by Gasteiger charge is 2.17. The van der Waals surface area contributed by atoms with Gasteiger partial charge in [-0.1, -0.05) is 18.5 Å². The Morgan fingerprint density at radius 2 is 2.14 bits per heavy atom. The van der Waals surface area contributed by atoms with Crippen molar-refractivity contribution < 1.29 is 4.74 Å². The van der Waals surface area contributed by atoms with Gasteiger partial charge in [-0.3, -0.25) is 0 Å². The van der Waals surface area contributed by atoms with E-state index in [9.17, 15) is 0 Å². The number of methoxy groups -OCH3 is 1. The van der Waals surface area contributed by atoms with Crippen LogP contribution >= 0.6 is 38.9 Å². The number of aryl methyl sites for hydroxylation is 1. The summed E-state index contributed by atoms with van der Waals surface area (Å²) in [7, 11) is 1.70. The summed E-state index contributed by atoms with van der Waals surface area (Å²) in [5.74, 6) is 0.884.